The molecule has 1 aromatic carbocycles. The Labute approximate surface area is 91.5 Å². The molecule has 1 aromatic heterocycles. The van der Waals surface area contributed by atoms with Crippen molar-refractivity contribution < 1.29 is 13.5 Å². The van der Waals surface area contributed by atoms with Gasteiger partial charge in [-0.05, 0) is 24.3 Å². The van der Waals surface area contributed by atoms with Crippen LogP contribution in [0.1, 0.15) is 5.69 Å². The zero-order valence-electron chi connectivity index (χ0n) is 8.28. The number of aromatic nitrogens is 1. The highest BCUT2D eigenvalue weighted by atomic mass is 19.1. The van der Waals surface area contributed by atoms with E-state index in [-0.39, 0.29) is 6.61 Å². The van der Waals surface area contributed by atoms with E-state index >= 15 is 0 Å². The number of hydrogen-bond acceptors (Lipinski definition) is 2. The van der Waals surface area contributed by atoms with Crippen LogP contribution in [0.15, 0.2) is 36.5 Å². The third-order valence-electron chi connectivity index (χ3n) is 1.91. The quantitative estimate of drug-likeness (QED) is 0.793. The van der Waals surface area contributed by atoms with E-state index in [9.17, 15) is 8.78 Å². The fraction of sp³-hybridized carbons (Fsp3) is 0.0833. The van der Waals surface area contributed by atoms with Crippen LogP contribution in [0.5, 0.6) is 5.75 Å². The van der Waals surface area contributed by atoms with Crippen LogP contribution < -0.4 is 4.74 Å². The molecule has 0 saturated carbocycles. The van der Waals surface area contributed by atoms with Crippen molar-refractivity contribution in [3.63, 3.8) is 0 Å². The van der Waals surface area contributed by atoms with Crippen molar-refractivity contribution in [3.8, 4) is 5.75 Å². The summed E-state index contributed by atoms with van der Waals surface area (Å²) in [5.41, 5.74) is 0.578. The van der Waals surface area contributed by atoms with E-state index < -0.39 is 11.6 Å². The lowest BCUT2D eigenvalue weighted by atomic mass is 10.3. The summed E-state index contributed by atoms with van der Waals surface area (Å²) < 4.78 is 30.6. The Hall–Kier alpha value is -1.97. The van der Waals surface area contributed by atoms with Gasteiger partial charge < -0.3 is 4.74 Å². The Morgan fingerprint density at radius 1 is 1.25 bits per heavy atom. The van der Waals surface area contributed by atoms with E-state index in [0.717, 1.165) is 6.20 Å². The number of halogens is 2. The maximum absolute atomic E-state index is 12.7. The summed E-state index contributed by atoms with van der Waals surface area (Å²) in [6.45, 7) is 0.170. The van der Waals surface area contributed by atoms with Gasteiger partial charge in [-0.15, -0.1) is 0 Å². The molecule has 81 valence electrons. The van der Waals surface area contributed by atoms with Crippen LogP contribution in [0.25, 0.3) is 0 Å². The minimum Gasteiger partial charge on any atom is -0.487 e. The average molecular weight is 220 g/mol. The highest BCUT2D eigenvalue weighted by Gasteiger charge is 1.99. The topological polar surface area (TPSA) is 22.1 Å². The fourth-order valence-electron chi connectivity index (χ4n) is 1.16. The largest absolute Gasteiger partial charge is 0.487 e. The first-order valence-corrected chi connectivity index (χ1v) is 4.64. The van der Waals surface area contributed by atoms with E-state index in [2.05, 4.69) is 11.1 Å². The zero-order valence-corrected chi connectivity index (χ0v) is 8.28. The second-order valence-electron chi connectivity index (χ2n) is 3.13. The van der Waals surface area contributed by atoms with Crippen molar-refractivity contribution >= 4 is 0 Å². The molecule has 0 aliphatic rings. The third-order valence-corrected chi connectivity index (χ3v) is 1.91. The van der Waals surface area contributed by atoms with Gasteiger partial charge in [0, 0.05) is 12.1 Å². The lowest BCUT2D eigenvalue weighted by Crippen LogP contribution is -1.98. The average Bonchev–Trinajstić information content (AvgIpc) is 2.28. The minimum absolute atomic E-state index is 0.170. The number of ether oxygens (including phenoxy) is 1. The fourth-order valence-corrected chi connectivity index (χ4v) is 1.16. The highest BCUT2D eigenvalue weighted by Crippen LogP contribution is 2.13. The number of pyridine rings is 1. The van der Waals surface area contributed by atoms with Crippen LogP contribution >= 0.6 is 0 Å². The standard InChI is InChI=1S/C12H8F2NO/c13-9-2-1-3-12(6-9)16-8-11-5-4-10(14)7-15-11/h1,3-7H,8H2. The van der Waals surface area contributed by atoms with E-state index in [0.29, 0.717) is 11.4 Å². The second-order valence-corrected chi connectivity index (χ2v) is 3.13. The minimum atomic E-state index is -0.482. The summed E-state index contributed by atoms with van der Waals surface area (Å²) in [6.07, 6.45) is 1.11. The molecular weight excluding hydrogens is 212 g/mol. The van der Waals surface area contributed by atoms with Crippen LogP contribution in [0.4, 0.5) is 8.78 Å². The Balaban J connectivity index is 1.99. The van der Waals surface area contributed by atoms with Crippen LogP contribution in [0.2, 0.25) is 0 Å². The van der Waals surface area contributed by atoms with Crippen LogP contribution in [0, 0.1) is 17.7 Å². The first kappa shape index (κ1) is 10.5. The number of hydrogen-bond donors (Lipinski definition) is 0. The van der Waals surface area contributed by atoms with E-state index in [1.165, 1.54) is 24.3 Å². The molecule has 0 saturated heterocycles. The smallest absolute Gasteiger partial charge is 0.141 e. The Morgan fingerprint density at radius 3 is 2.81 bits per heavy atom. The molecule has 2 rings (SSSR count). The molecule has 0 spiro atoms. The molecule has 1 heterocycles. The predicted octanol–water partition coefficient (Wildman–Crippen LogP) is 2.74. The molecule has 0 N–H and O–H groups in total. The molecule has 1 radical (unpaired) electrons. The van der Waals surface area contributed by atoms with Gasteiger partial charge in [0.05, 0.1) is 11.9 Å². The monoisotopic (exact) mass is 220 g/mol. The van der Waals surface area contributed by atoms with Crippen LogP contribution in [-0.4, -0.2) is 4.98 Å². The van der Waals surface area contributed by atoms with Crippen molar-refractivity contribution in [1.82, 2.24) is 4.98 Å². The number of benzene rings is 1. The molecule has 2 nitrogen and oxygen atoms in total. The molecule has 16 heavy (non-hydrogen) atoms. The predicted molar refractivity (Wildman–Crippen MR) is 53.8 cm³/mol. The second kappa shape index (κ2) is 4.70. The molecule has 0 atom stereocenters. The van der Waals surface area contributed by atoms with Crippen molar-refractivity contribution in [2.75, 3.05) is 0 Å². The first-order valence-electron chi connectivity index (χ1n) is 4.64. The van der Waals surface area contributed by atoms with Crippen molar-refractivity contribution in [3.05, 3.63) is 59.9 Å². The van der Waals surface area contributed by atoms with E-state index in [1.54, 1.807) is 6.07 Å². The Kier molecular flexibility index (Phi) is 3.10. The third kappa shape index (κ3) is 2.76. The lowest BCUT2D eigenvalue weighted by molar-refractivity contribution is 0.299. The Bertz CT molecular complexity index is 471. The van der Waals surface area contributed by atoms with Crippen molar-refractivity contribution in [2.45, 2.75) is 6.61 Å². The van der Waals surface area contributed by atoms with Crippen LogP contribution in [-0.2, 0) is 6.61 Å². The first-order chi connectivity index (χ1) is 7.74. The van der Waals surface area contributed by atoms with Gasteiger partial charge in [0.25, 0.3) is 0 Å². The summed E-state index contributed by atoms with van der Waals surface area (Å²) in [5.74, 6) is -0.490. The summed E-state index contributed by atoms with van der Waals surface area (Å²) >= 11 is 0. The van der Waals surface area contributed by atoms with Gasteiger partial charge in [-0.3, -0.25) is 4.98 Å². The van der Waals surface area contributed by atoms with Crippen molar-refractivity contribution in [2.24, 2.45) is 0 Å². The molecule has 0 aliphatic carbocycles. The van der Waals surface area contributed by atoms with Gasteiger partial charge >= 0.3 is 0 Å². The van der Waals surface area contributed by atoms with E-state index in [4.69, 9.17) is 4.74 Å². The maximum Gasteiger partial charge on any atom is 0.141 e. The molecule has 0 unspecified atom stereocenters. The summed E-state index contributed by atoms with van der Waals surface area (Å²) in [7, 11) is 0. The molecule has 2 aromatic rings. The van der Waals surface area contributed by atoms with Gasteiger partial charge in [-0.2, -0.15) is 0 Å². The Morgan fingerprint density at radius 2 is 2.12 bits per heavy atom. The summed E-state index contributed by atoms with van der Waals surface area (Å²) in [5, 5.41) is 0. The number of nitrogens with zero attached hydrogens (tertiary/aromatic N) is 1. The summed E-state index contributed by atoms with van der Waals surface area (Å²) in [6, 6.07) is 9.43. The van der Waals surface area contributed by atoms with Crippen molar-refractivity contribution in [1.29, 1.82) is 0 Å². The van der Waals surface area contributed by atoms with Gasteiger partial charge in [0.2, 0.25) is 0 Å². The van der Waals surface area contributed by atoms with Gasteiger partial charge in [-0.25, -0.2) is 8.78 Å². The van der Waals surface area contributed by atoms with Gasteiger partial charge in [0.15, 0.2) is 0 Å². The normalized spacial score (nSPS) is 10.1. The van der Waals surface area contributed by atoms with Crippen LogP contribution in [0.3, 0.4) is 0 Å². The zero-order chi connectivity index (χ0) is 11.4. The maximum atomic E-state index is 12.7. The molecule has 0 fully saturated rings. The SMILES string of the molecule is Fc1[c]ccc(OCc2ccc(F)cn2)c1. The molecule has 0 aliphatic heterocycles. The van der Waals surface area contributed by atoms with E-state index in [1.807, 2.05) is 0 Å². The molecule has 4 heteroatoms. The van der Waals surface area contributed by atoms with Gasteiger partial charge in [0.1, 0.15) is 24.0 Å². The van der Waals surface area contributed by atoms with Gasteiger partial charge in [-0.1, -0.05) is 0 Å². The number of rotatable bonds is 3. The highest BCUT2D eigenvalue weighted by molar-refractivity contribution is 5.22. The molecule has 0 bridgehead atoms. The lowest BCUT2D eigenvalue weighted by Gasteiger charge is -2.05. The molecular formula is C12H8F2NO. The molecule has 0 amide bonds. The summed E-state index contributed by atoms with van der Waals surface area (Å²) in [4.78, 5) is 3.81.